The first-order chi connectivity index (χ1) is 8.06. The van der Waals surface area contributed by atoms with Crippen LogP contribution in [-0.2, 0) is 11.2 Å². The Hall–Kier alpha value is -1.63. The van der Waals surface area contributed by atoms with Crippen LogP contribution in [0.2, 0.25) is 0 Å². The van der Waals surface area contributed by atoms with Crippen LogP contribution in [0.25, 0.3) is 0 Å². The summed E-state index contributed by atoms with van der Waals surface area (Å²) < 4.78 is 30.0. The van der Waals surface area contributed by atoms with Gasteiger partial charge in [-0.25, -0.2) is 23.5 Å². The van der Waals surface area contributed by atoms with E-state index >= 15 is 0 Å². The van der Waals surface area contributed by atoms with Gasteiger partial charge >= 0.3 is 5.97 Å². The Morgan fingerprint density at radius 2 is 2.29 bits per heavy atom. The molecule has 1 aromatic rings. The third-order valence-corrected chi connectivity index (χ3v) is 2.05. The summed E-state index contributed by atoms with van der Waals surface area (Å²) in [6, 6.07) is 0. The summed E-state index contributed by atoms with van der Waals surface area (Å²) in [5.74, 6) is -1.26. The van der Waals surface area contributed by atoms with Crippen molar-refractivity contribution in [2.75, 3.05) is 13.7 Å². The first kappa shape index (κ1) is 13.4. The summed E-state index contributed by atoms with van der Waals surface area (Å²) in [4.78, 5) is 18.0. The first-order valence-corrected chi connectivity index (χ1v) is 4.92. The Balaban J connectivity index is 2.90. The van der Waals surface area contributed by atoms with E-state index in [0.717, 1.165) is 6.20 Å². The molecule has 0 amide bonds. The lowest BCUT2D eigenvalue weighted by Gasteiger charge is -2.06. The first-order valence-electron chi connectivity index (χ1n) is 4.92. The molecule has 1 rings (SSSR count). The quantitative estimate of drug-likeness (QED) is 0.773. The van der Waals surface area contributed by atoms with Crippen LogP contribution in [0.1, 0.15) is 34.7 Å². The number of halogens is 2. The van der Waals surface area contributed by atoms with E-state index in [-0.39, 0.29) is 5.82 Å². The molecule has 0 fully saturated rings. The highest BCUT2D eigenvalue weighted by Crippen LogP contribution is 2.20. The molecule has 0 aliphatic carbocycles. The molecule has 0 radical (unpaired) electrons. The Kier molecular flexibility index (Phi) is 4.89. The number of hydrogen-bond acceptors (Lipinski definition) is 4. The number of aryl methyl sites for hydroxylation is 1. The zero-order chi connectivity index (χ0) is 12.8. The average Bonchev–Trinajstić information content (AvgIpc) is 2.29. The maximum atomic E-state index is 12.6. The molecule has 0 spiro atoms. The summed E-state index contributed by atoms with van der Waals surface area (Å²) in [5, 5.41) is 8.69. The van der Waals surface area contributed by atoms with Crippen LogP contribution < -0.4 is 0 Å². The topological polar surface area (TPSA) is 72.3 Å². The van der Waals surface area contributed by atoms with Crippen molar-refractivity contribution in [2.45, 2.75) is 19.3 Å². The lowest BCUT2D eigenvalue weighted by Crippen LogP contribution is -2.10. The standard InChI is InChI=1S/C10H12F2N2O3/c1-17-4-2-3-7-13-5-6(10(15)16)8(14-7)9(11)12/h5,9H,2-4H2,1H3,(H,15,16). The minimum absolute atomic E-state index is 0.197. The monoisotopic (exact) mass is 246 g/mol. The molecule has 7 heteroatoms. The molecule has 5 nitrogen and oxygen atoms in total. The predicted molar refractivity (Wildman–Crippen MR) is 54.1 cm³/mol. The van der Waals surface area contributed by atoms with Crippen molar-refractivity contribution < 1.29 is 23.4 Å². The minimum Gasteiger partial charge on any atom is -0.478 e. The van der Waals surface area contributed by atoms with E-state index in [1.807, 2.05) is 0 Å². The van der Waals surface area contributed by atoms with E-state index < -0.39 is 23.7 Å². The number of methoxy groups -OCH3 is 1. The molecular formula is C10H12F2N2O3. The number of rotatable bonds is 6. The van der Waals surface area contributed by atoms with Gasteiger partial charge in [-0.1, -0.05) is 0 Å². The van der Waals surface area contributed by atoms with Gasteiger partial charge in [0, 0.05) is 26.3 Å². The number of carboxylic acid groups (broad SMARTS) is 1. The largest absolute Gasteiger partial charge is 0.478 e. The predicted octanol–water partition coefficient (Wildman–Crippen LogP) is 1.69. The van der Waals surface area contributed by atoms with E-state index in [0.29, 0.717) is 19.4 Å². The maximum Gasteiger partial charge on any atom is 0.339 e. The van der Waals surface area contributed by atoms with Gasteiger partial charge in [-0.3, -0.25) is 0 Å². The molecule has 0 saturated carbocycles. The third-order valence-electron chi connectivity index (χ3n) is 2.05. The van der Waals surface area contributed by atoms with E-state index in [1.54, 1.807) is 0 Å². The van der Waals surface area contributed by atoms with Crippen LogP contribution in [0, 0.1) is 0 Å². The molecule has 0 aliphatic rings. The zero-order valence-electron chi connectivity index (χ0n) is 9.19. The molecule has 17 heavy (non-hydrogen) atoms. The highest BCUT2D eigenvalue weighted by molar-refractivity contribution is 5.88. The van der Waals surface area contributed by atoms with Crippen LogP contribution in [0.4, 0.5) is 8.78 Å². The molecule has 1 aromatic heterocycles. The second-order valence-corrected chi connectivity index (χ2v) is 3.29. The van der Waals surface area contributed by atoms with Gasteiger partial charge in [0.25, 0.3) is 6.43 Å². The second-order valence-electron chi connectivity index (χ2n) is 3.29. The summed E-state index contributed by atoms with van der Waals surface area (Å²) in [7, 11) is 1.53. The van der Waals surface area contributed by atoms with E-state index in [1.165, 1.54) is 7.11 Å². The number of carboxylic acids is 1. The fourth-order valence-corrected chi connectivity index (χ4v) is 1.26. The number of alkyl halides is 2. The van der Waals surface area contributed by atoms with Gasteiger partial charge in [0.2, 0.25) is 0 Å². The summed E-state index contributed by atoms with van der Waals surface area (Å²) in [5.41, 5.74) is -1.30. The highest BCUT2D eigenvalue weighted by atomic mass is 19.3. The molecule has 1 N–H and O–H groups in total. The van der Waals surface area contributed by atoms with Crippen molar-refractivity contribution >= 4 is 5.97 Å². The van der Waals surface area contributed by atoms with E-state index in [2.05, 4.69) is 9.97 Å². The van der Waals surface area contributed by atoms with Gasteiger partial charge in [0.1, 0.15) is 17.1 Å². The molecular weight excluding hydrogens is 234 g/mol. The Morgan fingerprint density at radius 3 is 2.82 bits per heavy atom. The molecule has 0 bridgehead atoms. The third kappa shape index (κ3) is 3.70. The average molecular weight is 246 g/mol. The number of aromatic nitrogens is 2. The number of hydrogen-bond donors (Lipinski definition) is 1. The van der Waals surface area contributed by atoms with Crippen LogP contribution in [0.5, 0.6) is 0 Å². The van der Waals surface area contributed by atoms with E-state index in [9.17, 15) is 13.6 Å². The number of ether oxygens (including phenoxy) is 1. The molecule has 0 aromatic carbocycles. The van der Waals surface area contributed by atoms with Crippen molar-refractivity contribution in [3.63, 3.8) is 0 Å². The number of aromatic carboxylic acids is 1. The normalized spacial score (nSPS) is 10.8. The Bertz CT molecular complexity index is 399. The fourth-order valence-electron chi connectivity index (χ4n) is 1.26. The van der Waals surface area contributed by atoms with E-state index in [4.69, 9.17) is 9.84 Å². The lowest BCUT2D eigenvalue weighted by atomic mass is 10.2. The lowest BCUT2D eigenvalue weighted by molar-refractivity contribution is 0.0681. The van der Waals surface area contributed by atoms with Crippen molar-refractivity contribution in [1.29, 1.82) is 0 Å². The fraction of sp³-hybridized carbons (Fsp3) is 0.500. The molecule has 0 unspecified atom stereocenters. The number of nitrogens with zero attached hydrogens (tertiary/aromatic N) is 2. The number of carbonyl (C=O) groups is 1. The van der Waals surface area contributed by atoms with Crippen molar-refractivity contribution in [3.05, 3.63) is 23.3 Å². The summed E-state index contributed by atoms with van der Waals surface area (Å²) >= 11 is 0. The van der Waals surface area contributed by atoms with Crippen LogP contribution >= 0.6 is 0 Å². The highest BCUT2D eigenvalue weighted by Gasteiger charge is 2.20. The summed E-state index contributed by atoms with van der Waals surface area (Å²) in [6.45, 7) is 0.466. The molecule has 94 valence electrons. The smallest absolute Gasteiger partial charge is 0.339 e. The van der Waals surface area contributed by atoms with Crippen LogP contribution in [0.15, 0.2) is 6.20 Å². The Labute approximate surface area is 96.5 Å². The van der Waals surface area contributed by atoms with Gasteiger partial charge in [-0.2, -0.15) is 0 Å². The molecule has 1 heterocycles. The maximum absolute atomic E-state index is 12.6. The Morgan fingerprint density at radius 1 is 1.59 bits per heavy atom. The van der Waals surface area contributed by atoms with Crippen LogP contribution in [0.3, 0.4) is 0 Å². The van der Waals surface area contributed by atoms with Gasteiger partial charge in [-0.05, 0) is 6.42 Å². The van der Waals surface area contributed by atoms with Gasteiger partial charge in [0.05, 0.1) is 0 Å². The van der Waals surface area contributed by atoms with Gasteiger partial charge < -0.3 is 9.84 Å². The second kappa shape index (κ2) is 6.19. The zero-order valence-corrected chi connectivity index (χ0v) is 9.19. The SMILES string of the molecule is COCCCc1ncc(C(=O)O)c(C(F)F)n1. The van der Waals surface area contributed by atoms with Gasteiger partial charge in [0.15, 0.2) is 0 Å². The molecule has 0 aliphatic heterocycles. The molecule has 0 atom stereocenters. The van der Waals surface area contributed by atoms with Gasteiger partial charge in [-0.15, -0.1) is 0 Å². The van der Waals surface area contributed by atoms with Crippen molar-refractivity contribution in [3.8, 4) is 0 Å². The molecule has 0 saturated heterocycles. The summed E-state index contributed by atoms with van der Waals surface area (Å²) in [6.07, 6.45) is -1.05. The van der Waals surface area contributed by atoms with Crippen LogP contribution in [-0.4, -0.2) is 34.8 Å². The minimum atomic E-state index is -2.93. The van der Waals surface area contributed by atoms with Crippen molar-refractivity contribution in [2.24, 2.45) is 0 Å². The van der Waals surface area contributed by atoms with Crippen molar-refractivity contribution in [1.82, 2.24) is 9.97 Å².